The lowest BCUT2D eigenvalue weighted by molar-refractivity contribution is -0.252. The van der Waals surface area contributed by atoms with Gasteiger partial charge in [0, 0.05) is 6.04 Å². The highest BCUT2D eigenvalue weighted by molar-refractivity contribution is 5.76. The number of oxazole rings is 1. The average molecular weight is 553 g/mol. The first-order valence-corrected chi connectivity index (χ1v) is 12.7. The molecule has 9 nitrogen and oxygen atoms in total. The number of hydrogen-bond donors (Lipinski definition) is 4. The van der Waals surface area contributed by atoms with Crippen molar-refractivity contribution in [2.75, 3.05) is 19.7 Å². The number of nitrogens with zero attached hydrogens (tertiary/aromatic N) is 1. The Kier molecular flexibility index (Phi) is 10.3. The van der Waals surface area contributed by atoms with Crippen molar-refractivity contribution in [2.24, 2.45) is 11.5 Å². The molecule has 0 bridgehead atoms. The molecule has 39 heavy (non-hydrogen) atoms. The Labute approximate surface area is 224 Å². The number of rotatable bonds is 14. The predicted octanol–water partition coefficient (Wildman–Crippen LogP) is 3.27. The summed E-state index contributed by atoms with van der Waals surface area (Å²) in [4.78, 5) is 15.9. The van der Waals surface area contributed by atoms with Gasteiger partial charge in [0.2, 0.25) is 5.79 Å². The number of ether oxygens (including phenoxy) is 2. The van der Waals surface area contributed by atoms with Crippen LogP contribution in [0.2, 0.25) is 0 Å². The van der Waals surface area contributed by atoms with Gasteiger partial charge in [-0.15, -0.1) is 0 Å². The minimum atomic E-state index is -5.30. The molecule has 6 N–H and O–H groups in total. The number of carbonyl (C=O) groups excluding carboxylic acids is 1. The highest BCUT2D eigenvalue weighted by Crippen LogP contribution is 2.25. The maximum absolute atomic E-state index is 12.9. The predicted molar refractivity (Wildman–Crippen MR) is 139 cm³/mol. The molecule has 0 fully saturated rings. The Morgan fingerprint density at radius 1 is 1.15 bits per heavy atom. The number of nitrogens with one attached hydrogen (secondary N) is 1. The molecule has 3 atom stereocenters. The number of alkyl halides is 3. The maximum atomic E-state index is 12.9. The molecular formula is C27H35F3N4O5. The minimum absolute atomic E-state index is 0.00104. The highest BCUT2D eigenvalue weighted by atomic mass is 19.4. The zero-order valence-corrected chi connectivity index (χ0v) is 22.0. The zero-order chi connectivity index (χ0) is 28.6. The Balaban J connectivity index is 1.75. The van der Waals surface area contributed by atoms with Crippen LogP contribution in [0.3, 0.4) is 0 Å². The molecule has 0 spiro atoms. The molecule has 0 aliphatic carbocycles. The molecule has 0 aliphatic heterocycles. The Hall–Kier alpha value is -3.19. The molecule has 0 aliphatic rings. The molecule has 1 heterocycles. The average Bonchev–Trinajstić information content (AvgIpc) is 3.28. The first-order valence-electron chi connectivity index (χ1n) is 12.7. The number of aliphatic hydroxyl groups is 1. The fraction of sp³-hybridized carbons (Fsp3) is 0.481. The Bertz CT molecular complexity index is 1180. The molecule has 0 radical (unpaired) electrons. The summed E-state index contributed by atoms with van der Waals surface area (Å²) in [6, 6.07) is 11.4. The second-order valence-electron chi connectivity index (χ2n) is 9.57. The number of halogens is 3. The first-order chi connectivity index (χ1) is 18.4. The summed E-state index contributed by atoms with van der Waals surface area (Å²) in [6.07, 6.45) is -3.88. The van der Waals surface area contributed by atoms with E-state index in [1.54, 1.807) is 0 Å². The van der Waals surface area contributed by atoms with Crippen LogP contribution in [0.5, 0.6) is 6.08 Å². The number of aromatic nitrogens is 1. The lowest BCUT2D eigenvalue weighted by atomic mass is 10.0. The monoisotopic (exact) mass is 552 g/mol. The van der Waals surface area contributed by atoms with Crippen molar-refractivity contribution in [3.8, 4) is 6.08 Å². The van der Waals surface area contributed by atoms with Gasteiger partial charge in [-0.3, -0.25) is 0 Å². The van der Waals surface area contributed by atoms with Crippen molar-refractivity contribution >= 4 is 17.1 Å². The van der Waals surface area contributed by atoms with Gasteiger partial charge < -0.3 is 35.8 Å². The van der Waals surface area contributed by atoms with E-state index >= 15 is 0 Å². The minimum Gasteiger partial charge on any atom is -0.449 e. The molecule has 0 saturated heterocycles. The summed E-state index contributed by atoms with van der Waals surface area (Å²) in [5, 5.41) is 13.9. The second-order valence-corrected chi connectivity index (χ2v) is 9.57. The van der Waals surface area contributed by atoms with E-state index in [0.717, 1.165) is 16.7 Å². The van der Waals surface area contributed by atoms with Crippen LogP contribution in [0.15, 0.2) is 46.9 Å². The van der Waals surface area contributed by atoms with E-state index in [1.807, 2.05) is 56.3 Å². The van der Waals surface area contributed by atoms with Gasteiger partial charge in [-0.1, -0.05) is 30.3 Å². The Morgan fingerprint density at radius 3 is 2.51 bits per heavy atom. The molecule has 12 heteroatoms. The van der Waals surface area contributed by atoms with Crippen LogP contribution in [0, 0.1) is 13.8 Å². The molecule has 0 amide bonds. The zero-order valence-electron chi connectivity index (χ0n) is 22.0. The van der Waals surface area contributed by atoms with Gasteiger partial charge in [0.1, 0.15) is 12.1 Å². The molecule has 1 aromatic heterocycles. The van der Waals surface area contributed by atoms with Gasteiger partial charge in [-0.2, -0.15) is 18.2 Å². The van der Waals surface area contributed by atoms with Crippen LogP contribution < -0.4 is 21.5 Å². The highest BCUT2D eigenvalue weighted by Gasteiger charge is 2.48. The van der Waals surface area contributed by atoms with Crippen molar-refractivity contribution in [2.45, 2.75) is 63.6 Å². The van der Waals surface area contributed by atoms with Gasteiger partial charge in [-0.05, 0) is 74.9 Å². The van der Waals surface area contributed by atoms with Gasteiger partial charge in [0.15, 0.2) is 5.58 Å². The smallest absolute Gasteiger partial charge is 0.449 e. The van der Waals surface area contributed by atoms with Crippen LogP contribution in [0.4, 0.5) is 13.2 Å². The summed E-state index contributed by atoms with van der Waals surface area (Å²) < 4.78 is 54.8. The van der Waals surface area contributed by atoms with E-state index < -0.39 is 36.6 Å². The number of fused-ring (bicyclic) bond motifs is 1. The quantitative estimate of drug-likeness (QED) is 0.175. The van der Waals surface area contributed by atoms with Crippen LogP contribution >= 0.6 is 0 Å². The van der Waals surface area contributed by atoms with Crippen molar-refractivity contribution in [3.63, 3.8) is 0 Å². The summed E-state index contributed by atoms with van der Waals surface area (Å²) >= 11 is 0. The SMILES string of the molecule is Cc1cc2nc(OC[C@@H](CCc3ccccc3)NCC(O)(OC(=O)C(F)(F)F)[C@H](N)CCCN)oc2cc1C. The third-order valence-electron chi connectivity index (χ3n) is 6.46. The number of esters is 1. The van der Waals surface area contributed by atoms with E-state index in [4.69, 9.17) is 20.6 Å². The van der Waals surface area contributed by atoms with Crippen molar-refractivity contribution in [1.82, 2.24) is 10.3 Å². The van der Waals surface area contributed by atoms with Gasteiger partial charge in [-0.25, -0.2) is 4.79 Å². The molecule has 3 rings (SSSR count). The summed E-state index contributed by atoms with van der Waals surface area (Å²) in [6.45, 7) is 3.53. The normalized spacial score (nSPS) is 15.1. The topological polar surface area (TPSA) is 146 Å². The van der Waals surface area contributed by atoms with Crippen molar-refractivity contribution < 1.29 is 37.0 Å². The van der Waals surface area contributed by atoms with Gasteiger partial charge in [0.05, 0.1) is 12.6 Å². The number of carbonyl (C=O) groups is 1. The lowest BCUT2D eigenvalue weighted by Crippen LogP contribution is -2.60. The van der Waals surface area contributed by atoms with Crippen LogP contribution in [-0.2, 0) is 16.0 Å². The maximum Gasteiger partial charge on any atom is 0.491 e. The summed E-state index contributed by atoms with van der Waals surface area (Å²) in [5.41, 5.74) is 15.7. The van der Waals surface area contributed by atoms with Crippen molar-refractivity contribution in [3.05, 3.63) is 59.2 Å². The van der Waals surface area contributed by atoms with E-state index in [2.05, 4.69) is 15.0 Å². The largest absolute Gasteiger partial charge is 0.491 e. The molecule has 0 saturated carbocycles. The lowest BCUT2D eigenvalue weighted by Gasteiger charge is -2.35. The van der Waals surface area contributed by atoms with Gasteiger partial charge >= 0.3 is 18.2 Å². The van der Waals surface area contributed by atoms with Crippen molar-refractivity contribution in [1.29, 1.82) is 0 Å². The number of nitrogens with two attached hydrogens (primary N) is 2. The fourth-order valence-corrected chi connectivity index (χ4v) is 3.94. The van der Waals surface area contributed by atoms with E-state index in [9.17, 15) is 23.1 Å². The molecule has 214 valence electrons. The second kappa shape index (κ2) is 13.2. The molecular weight excluding hydrogens is 517 g/mol. The number of hydrogen-bond acceptors (Lipinski definition) is 9. The van der Waals surface area contributed by atoms with Crippen LogP contribution in [0.25, 0.3) is 11.1 Å². The standard InChI is InChI=1S/C27H35F3N4O5/c1-17-13-21-22(14-18(17)2)38-25(34-21)37-15-20(11-10-19-7-4-3-5-8-19)33-16-26(36,23(32)9-6-12-31)39-24(35)27(28,29)30/h3-5,7-8,13-14,20,23,33,36H,6,9-12,15-16,31-32H2,1-2H3/t20-,23-,26?/m1/s1. The van der Waals surface area contributed by atoms with E-state index in [1.165, 1.54) is 0 Å². The molecule has 2 aromatic carbocycles. The number of benzene rings is 2. The fourth-order valence-electron chi connectivity index (χ4n) is 3.94. The Morgan fingerprint density at radius 2 is 1.85 bits per heavy atom. The van der Waals surface area contributed by atoms with Crippen LogP contribution in [-0.4, -0.2) is 59.8 Å². The number of aryl methyl sites for hydroxylation is 3. The van der Waals surface area contributed by atoms with Crippen LogP contribution in [0.1, 0.15) is 36.0 Å². The van der Waals surface area contributed by atoms with E-state index in [-0.39, 0.29) is 25.6 Å². The third kappa shape index (κ3) is 8.65. The third-order valence-corrected chi connectivity index (χ3v) is 6.46. The first kappa shape index (κ1) is 30.4. The summed E-state index contributed by atoms with van der Waals surface area (Å²) in [5.74, 6) is -5.18. The molecule has 3 aromatic rings. The summed E-state index contributed by atoms with van der Waals surface area (Å²) in [7, 11) is 0. The van der Waals surface area contributed by atoms with E-state index in [0.29, 0.717) is 30.4 Å². The molecule has 1 unspecified atom stereocenters. The van der Waals surface area contributed by atoms with Gasteiger partial charge in [0.25, 0.3) is 0 Å².